The average molecular weight is 574 g/mol. The number of allylic oxidation sites excluding steroid dienone is 5. The first-order valence-corrected chi connectivity index (χ1v) is 12.8. The Bertz CT molecular complexity index is 1120. The van der Waals surface area contributed by atoms with E-state index in [0.717, 1.165) is 12.1 Å². The van der Waals surface area contributed by atoms with Gasteiger partial charge in [-0.25, -0.2) is 4.79 Å². The third kappa shape index (κ3) is 11.2. The molecule has 2 N–H and O–H groups in total. The first-order valence-electron chi connectivity index (χ1n) is 10.1. The van der Waals surface area contributed by atoms with Gasteiger partial charge in [0.25, 0.3) is 0 Å². The van der Waals surface area contributed by atoms with Crippen LogP contribution in [0.4, 0.5) is 24.2 Å². The third-order valence-corrected chi connectivity index (χ3v) is 5.88. The van der Waals surface area contributed by atoms with E-state index in [9.17, 15) is 24.2 Å². The number of hydrogen-bond donors (Lipinski definition) is 2. The standard InChI is InChI=1S/C22H25ClF5N3O3S2/c1-5-6-18(14-30-34-22(32)29-4)20(23)13-16(3)33-12-11-15(2)31-21(35)17-7-9-19(10-8-17)36(24,25,26,27)28/h6-11,13-14H,3,5,12H2,1-2,4H3,(H,29,32)(H,31,35)/b15-11+,18-6-,20-13+,30-14+. The molecule has 0 saturated heterocycles. The van der Waals surface area contributed by atoms with E-state index in [1.807, 2.05) is 6.92 Å². The highest BCUT2D eigenvalue weighted by atomic mass is 35.5. The van der Waals surface area contributed by atoms with Gasteiger partial charge < -0.3 is 15.4 Å². The zero-order chi connectivity index (χ0) is 27.6. The van der Waals surface area contributed by atoms with E-state index in [2.05, 4.69) is 27.2 Å². The summed E-state index contributed by atoms with van der Waals surface area (Å²) in [5.41, 5.74) is 1.08. The predicted octanol–water partition coefficient (Wildman–Crippen LogP) is 7.84. The second kappa shape index (κ2) is 11.9. The van der Waals surface area contributed by atoms with Crippen molar-refractivity contribution in [3.8, 4) is 0 Å². The van der Waals surface area contributed by atoms with Crippen LogP contribution >= 0.6 is 34.0 Å². The summed E-state index contributed by atoms with van der Waals surface area (Å²) < 4.78 is 69.6. The molecule has 1 aromatic carbocycles. The number of halogens is 6. The minimum absolute atomic E-state index is 0.0325. The van der Waals surface area contributed by atoms with Crippen LogP contribution in [0.1, 0.15) is 25.8 Å². The van der Waals surface area contributed by atoms with Gasteiger partial charge in [-0.1, -0.05) is 80.1 Å². The summed E-state index contributed by atoms with van der Waals surface area (Å²) in [6.45, 7) is 7.25. The maximum atomic E-state index is 12.8. The van der Waals surface area contributed by atoms with E-state index in [1.54, 1.807) is 19.1 Å². The number of amides is 1. The Hall–Kier alpha value is -2.90. The molecule has 0 aliphatic heterocycles. The predicted molar refractivity (Wildman–Crippen MR) is 138 cm³/mol. The highest BCUT2D eigenvalue weighted by Gasteiger charge is 2.65. The highest BCUT2D eigenvalue weighted by molar-refractivity contribution is 8.45. The van der Waals surface area contributed by atoms with Crippen molar-refractivity contribution < 1.29 is 33.8 Å². The number of nitrogens with zero attached hydrogens (tertiary/aromatic N) is 1. The number of rotatable bonds is 11. The Morgan fingerprint density at radius 2 is 1.81 bits per heavy atom. The van der Waals surface area contributed by atoms with E-state index < -0.39 is 21.2 Å². The molecule has 1 rings (SSSR count). The maximum Gasteiger partial charge on any atom is 0.433 e. The Balaban J connectivity index is 2.72. The Morgan fingerprint density at radius 3 is 2.33 bits per heavy atom. The van der Waals surface area contributed by atoms with Crippen molar-refractivity contribution >= 4 is 51.3 Å². The topological polar surface area (TPSA) is 72.0 Å². The van der Waals surface area contributed by atoms with Crippen LogP contribution in [0, 0.1) is 0 Å². The monoisotopic (exact) mass is 573 g/mol. The van der Waals surface area contributed by atoms with Gasteiger partial charge >= 0.3 is 16.3 Å². The lowest BCUT2D eigenvalue weighted by molar-refractivity contribution is 0.154. The molecule has 0 radical (unpaired) electrons. The normalized spacial score (nSPS) is 15.1. The van der Waals surface area contributed by atoms with E-state index in [4.69, 9.17) is 28.6 Å². The summed E-state index contributed by atoms with van der Waals surface area (Å²) in [5.74, 6) is 0.195. The summed E-state index contributed by atoms with van der Waals surface area (Å²) in [7, 11) is -8.36. The van der Waals surface area contributed by atoms with Crippen LogP contribution < -0.4 is 10.6 Å². The Labute approximate surface area is 216 Å². The maximum absolute atomic E-state index is 12.8. The smallest absolute Gasteiger partial charge is 0.433 e. The molecule has 0 aliphatic carbocycles. The van der Waals surface area contributed by atoms with Gasteiger partial charge in [0, 0.05) is 23.9 Å². The van der Waals surface area contributed by atoms with Crippen LogP contribution in [0.15, 0.2) is 81.2 Å². The van der Waals surface area contributed by atoms with E-state index in [1.165, 1.54) is 19.3 Å². The van der Waals surface area contributed by atoms with Gasteiger partial charge in [-0.2, -0.15) is 0 Å². The van der Waals surface area contributed by atoms with Crippen molar-refractivity contribution in [2.75, 3.05) is 13.7 Å². The SMILES string of the molecule is C=C(\C=C(Cl)/C(=C\CC)/C=N/OC(=O)NC)OC/C=C(\C)NC(=S)c1ccc(S(F)(F)(F)(F)F)cc1. The molecular weight excluding hydrogens is 549 g/mol. The second-order valence-electron chi connectivity index (χ2n) is 7.04. The second-order valence-corrected chi connectivity index (χ2v) is 10.3. The highest BCUT2D eigenvalue weighted by Crippen LogP contribution is 3.02. The Morgan fingerprint density at radius 1 is 1.19 bits per heavy atom. The molecule has 0 aromatic heterocycles. The lowest BCUT2D eigenvalue weighted by Crippen LogP contribution is -2.20. The van der Waals surface area contributed by atoms with Gasteiger partial charge in [0.15, 0.2) is 0 Å². The van der Waals surface area contributed by atoms with Crippen LogP contribution in [-0.4, -0.2) is 31.0 Å². The number of benzene rings is 1. The van der Waals surface area contributed by atoms with Gasteiger partial charge in [0.1, 0.15) is 22.3 Å². The van der Waals surface area contributed by atoms with Gasteiger partial charge in [-0.3, -0.25) is 4.84 Å². The number of oxime groups is 1. The van der Waals surface area contributed by atoms with Gasteiger partial charge in [0.05, 0.1) is 11.2 Å². The van der Waals surface area contributed by atoms with Crippen LogP contribution in [0.25, 0.3) is 0 Å². The first kappa shape index (κ1) is 31.1. The molecule has 1 amide bonds. The lowest BCUT2D eigenvalue weighted by Gasteiger charge is -2.40. The summed E-state index contributed by atoms with van der Waals surface area (Å²) in [6.07, 6.45) is 5.87. The molecule has 0 bridgehead atoms. The van der Waals surface area contributed by atoms with Crippen molar-refractivity contribution in [3.63, 3.8) is 0 Å². The molecule has 6 nitrogen and oxygen atoms in total. The molecule has 0 atom stereocenters. The number of ether oxygens (including phenoxy) is 1. The van der Waals surface area contributed by atoms with Crippen LogP contribution in [-0.2, 0) is 9.57 Å². The van der Waals surface area contributed by atoms with Gasteiger partial charge in [0.2, 0.25) is 0 Å². The number of nitrogens with one attached hydrogen (secondary N) is 2. The fourth-order valence-electron chi connectivity index (χ4n) is 2.31. The van der Waals surface area contributed by atoms with Gasteiger partial charge in [-0.15, -0.1) is 0 Å². The van der Waals surface area contributed by atoms with E-state index in [-0.39, 0.29) is 28.0 Å². The molecule has 1 aromatic rings. The molecule has 0 saturated carbocycles. The molecule has 14 heteroatoms. The zero-order valence-electron chi connectivity index (χ0n) is 19.5. The largest absolute Gasteiger partial charge is 0.490 e. The van der Waals surface area contributed by atoms with Crippen LogP contribution in [0.5, 0.6) is 0 Å². The molecular formula is C22H25ClF5N3O3S2. The molecule has 0 heterocycles. The number of carbonyl (C=O) groups excluding carboxylic acids is 1. The van der Waals surface area contributed by atoms with Crippen LogP contribution in [0.3, 0.4) is 0 Å². The molecule has 200 valence electrons. The first-order chi connectivity index (χ1) is 16.5. The molecule has 0 aliphatic rings. The summed E-state index contributed by atoms with van der Waals surface area (Å²) in [5, 5.41) is 8.76. The van der Waals surface area contributed by atoms with E-state index >= 15 is 0 Å². The van der Waals surface area contributed by atoms with Gasteiger partial charge in [-0.05, 0) is 37.6 Å². The van der Waals surface area contributed by atoms with Crippen LogP contribution in [0.2, 0.25) is 0 Å². The average Bonchev–Trinajstić information content (AvgIpc) is 2.76. The zero-order valence-corrected chi connectivity index (χ0v) is 21.9. The summed E-state index contributed by atoms with van der Waals surface area (Å²) in [4.78, 5) is 13.6. The molecule has 0 unspecified atom stereocenters. The minimum Gasteiger partial charge on any atom is -0.490 e. The third-order valence-electron chi connectivity index (χ3n) is 4.05. The van der Waals surface area contributed by atoms with E-state index in [0.29, 0.717) is 29.8 Å². The molecule has 0 spiro atoms. The molecule has 36 heavy (non-hydrogen) atoms. The minimum atomic E-state index is -9.74. The number of thiocarbonyl (C=S) groups is 1. The summed E-state index contributed by atoms with van der Waals surface area (Å²) in [6, 6.07) is 2.32. The van der Waals surface area contributed by atoms with Crippen molar-refractivity contribution in [2.45, 2.75) is 25.2 Å². The van der Waals surface area contributed by atoms with Crippen molar-refractivity contribution in [1.82, 2.24) is 10.6 Å². The van der Waals surface area contributed by atoms with Crippen molar-refractivity contribution in [3.05, 3.63) is 76.7 Å². The number of carbonyl (C=O) groups is 1. The summed E-state index contributed by atoms with van der Waals surface area (Å²) >= 11 is 11.4. The fraction of sp³-hybridized carbons (Fsp3) is 0.227. The molecule has 0 fully saturated rings. The Kier molecular flexibility index (Phi) is 10.3. The lowest BCUT2D eigenvalue weighted by atomic mass is 10.2. The van der Waals surface area contributed by atoms with Crippen molar-refractivity contribution in [1.29, 1.82) is 0 Å². The fourth-order valence-corrected chi connectivity index (χ4v) is 3.51. The number of hydrogen-bond acceptors (Lipinski definition) is 5. The van der Waals surface area contributed by atoms with Crippen molar-refractivity contribution in [2.24, 2.45) is 5.16 Å². The quantitative estimate of drug-likeness (QED) is 0.0536.